The fourth-order valence-corrected chi connectivity index (χ4v) is 3.51. The molecule has 1 saturated heterocycles. The number of imide groups is 1. The Kier molecular flexibility index (Phi) is 6.34. The van der Waals surface area contributed by atoms with Gasteiger partial charge in [-0.3, -0.25) is 24.6 Å². The smallest absolute Gasteiger partial charge is 0.328 e. The zero-order valence-electron chi connectivity index (χ0n) is 18.9. The molecule has 8 heteroatoms. The van der Waals surface area contributed by atoms with Crippen LogP contribution in [0.2, 0.25) is 0 Å². The van der Waals surface area contributed by atoms with Gasteiger partial charge in [-0.15, -0.1) is 0 Å². The highest BCUT2D eigenvalue weighted by molar-refractivity contribution is 6.09. The average molecular weight is 437 g/mol. The molecule has 1 heterocycles. The topological polar surface area (TPSA) is 105 Å². The Morgan fingerprint density at radius 2 is 1.75 bits per heavy atom. The second-order valence-corrected chi connectivity index (χ2v) is 8.67. The van der Waals surface area contributed by atoms with Gasteiger partial charge in [-0.1, -0.05) is 20.8 Å². The highest BCUT2D eigenvalue weighted by Gasteiger charge is 2.30. The van der Waals surface area contributed by atoms with Crippen LogP contribution < -0.4 is 20.3 Å². The molecule has 1 aliphatic heterocycles. The van der Waals surface area contributed by atoms with Crippen LogP contribution in [0.15, 0.2) is 36.4 Å². The number of carbonyl (C=O) groups excluding carboxylic acids is 4. The van der Waals surface area contributed by atoms with Gasteiger partial charge in [0, 0.05) is 35.5 Å². The van der Waals surface area contributed by atoms with Crippen LogP contribution in [0.25, 0.3) is 0 Å². The Labute approximate surface area is 186 Å². The summed E-state index contributed by atoms with van der Waals surface area (Å²) in [4.78, 5) is 50.1. The fraction of sp³-hybridized carbons (Fsp3) is 0.333. The van der Waals surface area contributed by atoms with E-state index in [1.807, 2.05) is 26.8 Å². The van der Waals surface area contributed by atoms with Crippen LogP contribution in [-0.2, 0) is 10.2 Å². The highest BCUT2D eigenvalue weighted by Crippen LogP contribution is 2.38. The van der Waals surface area contributed by atoms with E-state index in [1.54, 1.807) is 30.3 Å². The maximum absolute atomic E-state index is 13.2. The molecule has 0 aliphatic carbocycles. The van der Waals surface area contributed by atoms with Gasteiger partial charge in [0.15, 0.2) is 5.78 Å². The molecule has 32 heavy (non-hydrogen) atoms. The quantitative estimate of drug-likeness (QED) is 0.691. The number of nitrogens with one attached hydrogen (secondary N) is 2. The van der Waals surface area contributed by atoms with Gasteiger partial charge in [-0.2, -0.15) is 0 Å². The fourth-order valence-electron chi connectivity index (χ4n) is 3.51. The number of hydrogen-bond acceptors (Lipinski definition) is 5. The van der Waals surface area contributed by atoms with Crippen LogP contribution in [0, 0.1) is 0 Å². The number of ketones is 1. The van der Waals surface area contributed by atoms with Gasteiger partial charge in [-0.05, 0) is 48.7 Å². The van der Waals surface area contributed by atoms with Gasteiger partial charge in [0.05, 0.1) is 12.7 Å². The van der Waals surface area contributed by atoms with Crippen molar-refractivity contribution in [2.75, 3.05) is 23.9 Å². The number of nitrogens with zero attached hydrogens (tertiary/aromatic N) is 1. The molecule has 2 aromatic rings. The summed E-state index contributed by atoms with van der Waals surface area (Å²) in [7, 11) is 1.49. The molecule has 1 fully saturated rings. The van der Waals surface area contributed by atoms with E-state index in [4.69, 9.17) is 4.74 Å². The van der Waals surface area contributed by atoms with Crippen LogP contribution in [0.5, 0.6) is 5.75 Å². The third kappa shape index (κ3) is 4.80. The molecule has 4 amide bonds. The minimum atomic E-state index is -0.530. The second-order valence-electron chi connectivity index (χ2n) is 8.67. The van der Waals surface area contributed by atoms with Crippen molar-refractivity contribution in [1.29, 1.82) is 0 Å². The third-order valence-corrected chi connectivity index (χ3v) is 5.25. The number of benzene rings is 2. The van der Waals surface area contributed by atoms with Crippen LogP contribution in [0.4, 0.5) is 16.2 Å². The van der Waals surface area contributed by atoms with Crippen molar-refractivity contribution >= 4 is 35.0 Å². The van der Waals surface area contributed by atoms with E-state index in [-0.39, 0.29) is 35.6 Å². The summed E-state index contributed by atoms with van der Waals surface area (Å²) in [6.07, 6.45) is 0.173. The number of ether oxygens (including phenoxy) is 1. The summed E-state index contributed by atoms with van der Waals surface area (Å²) in [5.74, 6) is -0.404. The van der Waals surface area contributed by atoms with Gasteiger partial charge in [0.1, 0.15) is 5.75 Å². The molecule has 0 aromatic heterocycles. The van der Waals surface area contributed by atoms with E-state index in [0.29, 0.717) is 22.7 Å². The zero-order valence-corrected chi connectivity index (χ0v) is 18.9. The number of amides is 4. The van der Waals surface area contributed by atoms with Gasteiger partial charge >= 0.3 is 6.03 Å². The predicted octanol–water partition coefficient (Wildman–Crippen LogP) is 3.89. The first kappa shape index (κ1) is 23.0. The van der Waals surface area contributed by atoms with Crippen LogP contribution in [0.3, 0.4) is 0 Å². The molecule has 3 rings (SSSR count). The molecule has 0 unspecified atom stereocenters. The lowest BCUT2D eigenvalue weighted by Gasteiger charge is -2.30. The Bertz CT molecular complexity index is 1080. The lowest BCUT2D eigenvalue weighted by molar-refractivity contribution is -0.120. The first-order valence-electron chi connectivity index (χ1n) is 10.3. The first-order valence-corrected chi connectivity index (χ1v) is 10.3. The number of methoxy groups -OCH3 is 1. The summed E-state index contributed by atoms with van der Waals surface area (Å²) in [6, 6.07) is 9.45. The Balaban J connectivity index is 2.04. The van der Waals surface area contributed by atoms with Crippen LogP contribution in [-0.4, -0.2) is 37.3 Å². The van der Waals surface area contributed by atoms with Crippen molar-refractivity contribution in [2.24, 2.45) is 0 Å². The third-order valence-electron chi connectivity index (χ3n) is 5.25. The van der Waals surface area contributed by atoms with E-state index in [9.17, 15) is 19.2 Å². The molecule has 168 valence electrons. The molecule has 0 radical (unpaired) electrons. The summed E-state index contributed by atoms with van der Waals surface area (Å²) in [5.41, 5.74) is 2.18. The van der Waals surface area contributed by atoms with Gasteiger partial charge in [0.2, 0.25) is 5.91 Å². The summed E-state index contributed by atoms with van der Waals surface area (Å²) in [5, 5.41) is 5.13. The van der Waals surface area contributed by atoms with Crippen LogP contribution >= 0.6 is 0 Å². The predicted molar refractivity (Wildman–Crippen MR) is 122 cm³/mol. The lowest BCUT2D eigenvalue weighted by atomic mass is 9.84. The van der Waals surface area contributed by atoms with Gasteiger partial charge < -0.3 is 10.1 Å². The highest BCUT2D eigenvalue weighted by atomic mass is 16.5. The van der Waals surface area contributed by atoms with Gasteiger partial charge in [0.25, 0.3) is 5.91 Å². The monoisotopic (exact) mass is 437 g/mol. The van der Waals surface area contributed by atoms with Crippen molar-refractivity contribution in [2.45, 2.75) is 39.5 Å². The van der Waals surface area contributed by atoms with Crippen molar-refractivity contribution < 1.29 is 23.9 Å². The van der Waals surface area contributed by atoms with E-state index in [0.717, 1.165) is 5.56 Å². The first-order chi connectivity index (χ1) is 15.0. The summed E-state index contributed by atoms with van der Waals surface area (Å²) in [6.45, 7) is 7.64. The molecule has 8 nitrogen and oxygen atoms in total. The number of hydrogen-bond donors (Lipinski definition) is 2. The standard InChI is InChI=1S/C24H27N3O5/c1-14(28)15-6-8-16(9-7-15)25-22(30)18-12-17(27-11-10-20(29)26-23(27)31)13-19(21(18)32-5)24(2,3)4/h6-9,12-13H,10-11H2,1-5H3,(H,25,30)(H,26,29,31). The summed E-state index contributed by atoms with van der Waals surface area (Å²) >= 11 is 0. The molecule has 0 spiro atoms. The van der Waals surface area contributed by atoms with Crippen molar-refractivity contribution in [3.8, 4) is 5.75 Å². The number of anilines is 2. The molecule has 0 saturated carbocycles. The van der Waals surface area contributed by atoms with Crippen molar-refractivity contribution in [3.05, 3.63) is 53.1 Å². The van der Waals surface area contributed by atoms with Gasteiger partial charge in [-0.25, -0.2) is 4.79 Å². The lowest BCUT2D eigenvalue weighted by Crippen LogP contribution is -2.49. The second kappa shape index (κ2) is 8.82. The average Bonchev–Trinajstić information content (AvgIpc) is 2.72. The molecule has 2 aromatic carbocycles. The minimum Gasteiger partial charge on any atom is -0.496 e. The molecule has 0 bridgehead atoms. The van der Waals surface area contributed by atoms with Crippen molar-refractivity contribution in [3.63, 3.8) is 0 Å². The number of rotatable bonds is 5. The minimum absolute atomic E-state index is 0.0645. The van der Waals surface area contributed by atoms with E-state index >= 15 is 0 Å². The Morgan fingerprint density at radius 3 is 2.28 bits per heavy atom. The number of urea groups is 1. The van der Waals surface area contributed by atoms with E-state index in [1.165, 1.54) is 18.9 Å². The molecule has 0 atom stereocenters. The zero-order chi connectivity index (χ0) is 23.6. The maximum atomic E-state index is 13.2. The Hall–Kier alpha value is -3.68. The Morgan fingerprint density at radius 1 is 1.09 bits per heavy atom. The molecule has 2 N–H and O–H groups in total. The molecular formula is C24H27N3O5. The maximum Gasteiger partial charge on any atom is 0.328 e. The van der Waals surface area contributed by atoms with E-state index in [2.05, 4.69) is 10.6 Å². The summed E-state index contributed by atoms with van der Waals surface area (Å²) < 4.78 is 5.62. The molecular weight excluding hydrogens is 410 g/mol. The normalized spacial score (nSPS) is 14.1. The SMILES string of the molecule is COc1c(C(=O)Nc2ccc(C(C)=O)cc2)cc(N2CCC(=O)NC2=O)cc1C(C)(C)C. The largest absolute Gasteiger partial charge is 0.496 e. The van der Waals surface area contributed by atoms with Crippen LogP contribution in [0.1, 0.15) is 60.4 Å². The van der Waals surface area contributed by atoms with Crippen molar-refractivity contribution in [1.82, 2.24) is 5.32 Å². The van der Waals surface area contributed by atoms with E-state index < -0.39 is 11.9 Å². The molecule has 1 aliphatic rings. The number of carbonyl (C=O) groups is 4. The number of Topliss-reactive ketones (excluding diaryl/α,β-unsaturated/α-hetero) is 1.